The lowest BCUT2D eigenvalue weighted by atomic mass is 10.1. The van der Waals surface area contributed by atoms with E-state index >= 15 is 0 Å². The van der Waals surface area contributed by atoms with Gasteiger partial charge in [-0.15, -0.1) is 0 Å². The summed E-state index contributed by atoms with van der Waals surface area (Å²) in [5.74, 6) is -1.37. The average molecular weight is 699 g/mol. The Morgan fingerprint density at radius 1 is 0.620 bits per heavy atom. The molecule has 0 aliphatic rings. The molecule has 2 unspecified atom stereocenters. The molecule has 0 saturated heterocycles. The summed E-state index contributed by atoms with van der Waals surface area (Å²) in [4.78, 5) is 36.2. The molecule has 0 aromatic carbocycles. The van der Waals surface area contributed by atoms with E-state index in [4.69, 9.17) is 10.5 Å². The molecule has 0 spiro atoms. The lowest BCUT2D eigenvalue weighted by Crippen LogP contribution is -2.40. The van der Waals surface area contributed by atoms with Gasteiger partial charge in [0.1, 0.15) is 12.1 Å². The van der Waals surface area contributed by atoms with E-state index in [0.29, 0.717) is 38.6 Å². The summed E-state index contributed by atoms with van der Waals surface area (Å²) in [7, 11) is 0. The third kappa shape index (κ3) is 33.6. The highest BCUT2D eigenvalue weighted by atomic mass is 16.5. The van der Waals surface area contributed by atoms with Crippen LogP contribution in [-0.4, -0.2) is 41.6 Å². The topological polar surface area (TPSA) is 119 Å². The summed E-state index contributed by atoms with van der Waals surface area (Å²) >= 11 is 0. The summed E-state index contributed by atoms with van der Waals surface area (Å²) in [5, 5.41) is 11.9. The number of nitrogens with one attached hydrogen (secondary N) is 1. The summed E-state index contributed by atoms with van der Waals surface area (Å²) in [6.07, 6.45) is 45.6. The van der Waals surface area contributed by atoms with Crippen molar-refractivity contribution in [3.05, 3.63) is 60.8 Å². The molecule has 7 nitrogen and oxygen atoms in total. The number of carboxylic acid groups (broad SMARTS) is 1. The SMILES string of the molecule is CC/C=C\C/C=C\C/C=C\CCCCCCCCCC(=O)OC(/C=C\C/C=C\CCCCC)CCCCCCC(=O)NC(CCCN)C(=O)O. The van der Waals surface area contributed by atoms with Gasteiger partial charge in [-0.25, -0.2) is 4.79 Å². The maximum absolute atomic E-state index is 12.7. The Kier molecular flexibility index (Phi) is 35.1. The zero-order valence-electron chi connectivity index (χ0n) is 32.0. The molecule has 4 N–H and O–H groups in total. The zero-order chi connectivity index (χ0) is 36.8. The van der Waals surface area contributed by atoms with E-state index in [1.807, 2.05) is 6.08 Å². The highest BCUT2D eigenvalue weighted by Gasteiger charge is 2.19. The minimum atomic E-state index is -1.02. The number of esters is 1. The number of rotatable bonds is 35. The van der Waals surface area contributed by atoms with Crippen molar-refractivity contribution >= 4 is 17.8 Å². The number of carbonyl (C=O) groups excluding carboxylic acids is 2. The van der Waals surface area contributed by atoms with Gasteiger partial charge in [-0.05, 0) is 103 Å². The number of allylic oxidation sites excluding steroid dienone is 9. The van der Waals surface area contributed by atoms with Crippen molar-refractivity contribution in [2.75, 3.05) is 6.54 Å². The van der Waals surface area contributed by atoms with E-state index in [1.165, 1.54) is 44.9 Å². The average Bonchev–Trinajstić information content (AvgIpc) is 3.10. The number of unbranched alkanes of at least 4 members (excludes halogenated alkanes) is 13. The molecule has 7 heteroatoms. The lowest BCUT2D eigenvalue weighted by molar-refractivity contribution is -0.147. The molecule has 0 bridgehead atoms. The normalized spacial score (nSPS) is 13.3. The van der Waals surface area contributed by atoms with Crippen molar-refractivity contribution in [3.8, 4) is 0 Å². The fourth-order valence-corrected chi connectivity index (χ4v) is 5.53. The fraction of sp³-hybridized carbons (Fsp3) is 0.698. The fourth-order valence-electron chi connectivity index (χ4n) is 5.53. The molecule has 1 amide bonds. The van der Waals surface area contributed by atoms with Crippen LogP contribution in [0.4, 0.5) is 0 Å². The number of carboxylic acids is 1. The monoisotopic (exact) mass is 699 g/mol. The van der Waals surface area contributed by atoms with Gasteiger partial charge in [-0.2, -0.15) is 0 Å². The van der Waals surface area contributed by atoms with Crippen LogP contribution in [0.15, 0.2) is 60.8 Å². The summed E-state index contributed by atoms with van der Waals surface area (Å²) in [6.45, 7) is 4.77. The van der Waals surface area contributed by atoms with E-state index in [-0.39, 0.29) is 18.0 Å². The predicted molar refractivity (Wildman–Crippen MR) is 211 cm³/mol. The highest BCUT2D eigenvalue weighted by molar-refractivity contribution is 5.83. The van der Waals surface area contributed by atoms with Gasteiger partial charge in [0.2, 0.25) is 5.91 Å². The molecule has 286 valence electrons. The molecule has 0 saturated carbocycles. The van der Waals surface area contributed by atoms with E-state index in [2.05, 4.69) is 73.8 Å². The van der Waals surface area contributed by atoms with Gasteiger partial charge in [-0.3, -0.25) is 9.59 Å². The molecule has 0 fully saturated rings. The van der Waals surface area contributed by atoms with Crippen molar-refractivity contribution in [2.45, 2.75) is 187 Å². The number of hydrogen-bond donors (Lipinski definition) is 3. The molecule has 0 aliphatic heterocycles. The Hall–Kier alpha value is -2.93. The second-order valence-electron chi connectivity index (χ2n) is 13.3. The second-order valence-corrected chi connectivity index (χ2v) is 13.3. The van der Waals surface area contributed by atoms with Crippen LogP contribution in [0.5, 0.6) is 0 Å². The van der Waals surface area contributed by atoms with E-state index in [1.54, 1.807) is 0 Å². The van der Waals surface area contributed by atoms with Crippen molar-refractivity contribution < 1.29 is 24.2 Å². The Labute approximate surface area is 306 Å². The van der Waals surface area contributed by atoms with Crippen molar-refractivity contribution in [3.63, 3.8) is 0 Å². The molecule has 0 heterocycles. The third-order valence-corrected chi connectivity index (χ3v) is 8.55. The summed E-state index contributed by atoms with van der Waals surface area (Å²) < 4.78 is 5.89. The lowest BCUT2D eigenvalue weighted by Gasteiger charge is -2.15. The van der Waals surface area contributed by atoms with Gasteiger partial charge in [0.15, 0.2) is 0 Å². The van der Waals surface area contributed by atoms with E-state index in [0.717, 1.165) is 83.5 Å². The molecule has 0 radical (unpaired) electrons. The standard InChI is InChI=1S/C43H74N2O5/c1-3-5-7-9-11-13-14-15-16-17-18-19-20-21-23-25-31-37-42(47)50-39(33-28-24-22-12-10-8-6-4-2)34-29-26-27-30-36-41(46)45-40(43(48)49)35-32-38-44/h5,7,11-13,15-16,22,28,33,39-40H,3-4,6,8-10,14,17-21,23-27,29-32,34-38,44H2,1-2H3,(H,45,46)(H,48,49)/b7-5-,13-11-,16-15-,22-12-,33-28-. The molecule has 0 aromatic rings. The van der Waals surface area contributed by atoms with E-state index in [9.17, 15) is 19.5 Å². The first-order valence-corrected chi connectivity index (χ1v) is 20.1. The number of ether oxygens (including phenoxy) is 1. The zero-order valence-corrected chi connectivity index (χ0v) is 32.0. The molecule has 50 heavy (non-hydrogen) atoms. The van der Waals surface area contributed by atoms with Crippen LogP contribution in [0.1, 0.15) is 174 Å². The molecule has 0 aliphatic carbocycles. The molecule has 0 aromatic heterocycles. The smallest absolute Gasteiger partial charge is 0.326 e. The largest absolute Gasteiger partial charge is 0.480 e. The van der Waals surface area contributed by atoms with Crippen molar-refractivity contribution in [2.24, 2.45) is 5.73 Å². The van der Waals surface area contributed by atoms with Gasteiger partial charge in [0, 0.05) is 12.8 Å². The summed E-state index contributed by atoms with van der Waals surface area (Å²) in [6, 6.07) is -0.876. The van der Waals surface area contributed by atoms with Crippen LogP contribution in [0.3, 0.4) is 0 Å². The molecular weight excluding hydrogens is 624 g/mol. The predicted octanol–water partition coefficient (Wildman–Crippen LogP) is 11.0. The van der Waals surface area contributed by atoms with Crippen molar-refractivity contribution in [1.82, 2.24) is 5.32 Å². The van der Waals surface area contributed by atoms with Gasteiger partial charge in [-0.1, -0.05) is 126 Å². The molecule has 2 atom stereocenters. The van der Waals surface area contributed by atoms with Crippen LogP contribution in [0.25, 0.3) is 0 Å². The quantitative estimate of drug-likeness (QED) is 0.0344. The van der Waals surface area contributed by atoms with Crippen LogP contribution in [-0.2, 0) is 19.1 Å². The van der Waals surface area contributed by atoms with Gasteiger partial charge in [0.25, 0.3) is 0 Å². The maximum Gasteiger partial charge on any atom is 0.326 e. The molecular formula is C43H74N2O5. The van der Waals surface area contributed by atoms with Crippen molar-refractivity contribution in [1.29, 1.82) is 0 Å². The highest BCUT2D eigenvalue weighted by Crippen LogP contribution is 2.15. The Bertz CT molecular complexity index is 968. The number of hydrogen-bond acceptors (Lipinski definition) is 5. The number of carbonyl (C=O) groups is 3. The van der Waals surface area contributed by atoms with Crippen LogP contribution in [0, 0.1) is 0 Å². The van der Waals surface area contributed by atoms with Crippen LogP contribution < -0.4 is 11.1 Å². The third-order valence-electron chi connectivity index (χ3n) is 8.55. The van der Waals surface area contributed by atoms with E-state index < -0.39 is 12.0 Å². The van der Waals surface area contributed by atoms with Gasteiger partial charge < -0.3 is 20.9 Å². The first kappa shape index (κ1) is 47.1. The van der Waals surface area contributed by atoms with Crippen LogP contribution in [0.2, 0.25) is 0 Å². The Morgan fingerprint density at radius 3 is 1.78 bits per heavy atom. The minimum Gasteiger partial charge on any atom is -0.480 e. The number of nitrogens with two attached hydrogens (primary N) is 1. The second kappa shape index (κ2) is 37.3. The maximum atomic E-state index is 12.7. The van der Waals surface area contributed by atoms with Crippen LogP contribution >= 0.6 is 0 Å². The number of amides is 1. The first-order valence-electron chi connectivity index (χ1n) is 20.1. The van der Waals surface area contributed by atoms with Gasteiger partial charge in [0.05, 0.1) is 0 Å². The molecule has 0 rings (SSSR count). The first-order chi connectivity index (χ1) is 24.4. The summed E-state index contributed by atoms with van der Waals surface area (Å²) in [5.41, 5.74) is 5.47. The minimum absolute atomic E-state index is 0.117. The van der Waals surface area contributed by atoms with Gasteiger partial charge >= 0.3 is 11.9 Å². The Balaban J connectivity index is 4.32. The Morgan fingerprint density at radius 2 is 1.16 bits per heavy atom. The number of aliphatic carboxylic acids is 1.